The first-order valence-corrected chi connectivity index (χ1v) is 8.98. The quantitative estimate of drug-likeness (QED) is 0.646. The molecule has 0 heterocycles. The zero-order valence-corrected chi connectivity index (χ0v) is 17.0. The number of rotatable bonds is 7. The molecule has 144 valence electrons. The molecule has 0 saturated carbocycles. The van der Waals surface area contributed by atoms with E-state index in [0.29, 0.717) is 34.2 Å². The third kappa shape index (κ3) is 4.91. The lowest BCUT2D eigenvalue weighted by Crippen LogP contribution is -2.22. The molecule has 2 aromatic rings. The lowest BCUT2D eigenvalue weighted by molar-refractivity contribution is -0.115. The molecule has 0 aliphatic heterocycles. The van der Waals surface area contributed by atoms with Crippen LogP contribution in [0.25, 0.3) is 0 Å². The predicted octanol–water partition coefficient (Wildman–Crippen LogP) is 3.69. The standard InChI is InChI=1S/C19H21BrN2O5/c1-11(20)18(23)22-14-8-6-5-7-13(14)19(24)21-12-9-15(25-2)17(27-4)16(10-12)26-3/h5-11H,1-4H3,(H,21,24)(H,22,23). The molecule has 2 N–H and O–H groups in total. The van der Waals surface area contributed by atoms with Crippen LogP contribution in [0.3, 0.4) is 0 Å². The Labute approximate surface area is 166 Å². The van der Waals surface area contributed by atoms with E-state index in [4.69, 9.17) is 14.2 Å². The van der Waals surface area contributed by atoms with Gasteiger partial charge in [0.25, 0.3) is 5.91 Å². The van der Waals surface area contributed by atoms with E-state index in [-0.39, 0.29) is 16.6 Å². The highest BCUT2D eigenvalue weighted by Crippen LogP contribution is 2.40. The summed E-state index contributed by atoms with van der Waals surface area (Å²) in [5.74, 6) is 0.631. The number of carbonyl (C=O) groups is 2. The largest absolute Gasteiger partial charge is 0.493 e. The molecular formula is C19H21BrN2O5. The van der Waals surface area contributed by atoms with Gasteiger partial charge in [-0.3, -0.25) is 9.59 Å². The van der Waals surface area contributed by atoms with Gasteiger partial charge in [-0.25, -0.2) is 0 Å². The van der Waals surface area contributed by atoms with Crippen LogP contribution >= 0.6 is 15.9 Å². The topological polar surface area (TPSA) is 85.9 Å². The fraction of sp³-hybridized carbons (Fsp3) is 0.263. The van der Waals surface area contributed by atoms with Gasteiger partial charge in [-0.05, 0) is 19.1 Å². The molecule has 0 aliphatic rings. The third-order valence-corrected chi connectivity index (χ3v) is 4.13. The second-order valence-corrected chi connectivity index (χ2v) is 6.89. The van der Waals surface area contributed by atoms with Gasteiger partial charge in [0, 0.05) is 17.8 Å². The Morgan fingerprint density at radius 2 is 1.56 bits per heavy atom. The number of hydrogen-bond acceptors (Lipinski definition) is 5. The second-order valence-electron chi connectivity index (χ2n) is 5.52. The van der Waals surface area contributed by atoms with E-state index in [2.05, 4.69) is 26.6 Å². The van der Waals surface area contributed by atoms with Crippen LogP contribution in [0, 0.1) is 0 Å². The summed E-state index contributed by atoms with van der Waals surface area (Å²) in [6.07, 6.45) is 0. The van der Waals surface area contributed by atoms with Crippen molar-refractivity contribution in [1.29, 1.82) is 0 Å². The molecule has 2 amide bonds. The highest BCUT2D eigenvalue weighted by Gasteiger charge is 2.18. The van der Waals surface area contributed by atoms with Crippen LogP contribution in [0.15, 0.2) is 36.4 Å². The molecular weight excluding hydrogens is 416 g/mol. The number of anilines is 2. The summed E-state index contributed by atoms with van der Waals surface area (Å²) in [6.45, 7) is 1.70. The molecule has 0 fully saturated rings. The van der Waals surface area contributed by atoms with Gasteiger partial charge >= 0.3 is 0 Å². The number of methoxy groups -OCH3 is 3. The first-order chi connectivity index (χ1) is 12.9. The molecule has 0 saturated heterocycles. The summed E-state index contributed by atoms with van der Waals surface area (Å²) in [4.78, 5) is 24.3. The molecule has 1 atom stereocenters. The van der Waals surface area contributed by atoms with Gasteiger partial charge in [0.05, 0.1) is 37.4 Å². The minimum atomic E-state index is -0.387. The van der Waals surface area contributed by atoms with E-state index < -0.39 is 0 Å². The molecule has 0 bridgehead atoms. The lowest BCUT2D eigenvalue weighted by Gasteiger charge is -2.16. The van der Waals surface area contributed by atoms with Gasteiger partial charge in [0.2, 0.25) is 11.7 Å². The fourth-order valence-corrected chi connectivity index (χ4v) is 2.49. The van der Waals surface area contributed by atoms with Crippen LogP contribution in [0.4, 0.5) is 11.4 Å². The summed E-state index contributed by atoms with van der Waals surface area (Å²) < 4.78 is 15.9. The fourth-order valence-electron chi connectivity index (χ4n) is 2.37. The number of para-hydroxylation sites is 1. The minimum Gasteiger partial charge on any atom is -0.493 e. The van der Waals surface area contributed by atoms with E-state index >= 15 is 0 Å². The maximum atomic E-state index is 12.8. The van der Waals surface area contributed by atoms with E-state index in [1.807, 2.05) is 0 Å². The van der Waals surface area contributed by atoms with Crippen molar-refractivity contribution in [1.82, 2.24) is 0 Å². The van der Waals surface area contributed by atoms with Gasteiger partial charge in [0.15, 0.2) is 11.5 Å². The van der Waals surface area contributed by atoms with E-state index in [1.165, 1.54) is 21.3 Å². The number of ether oxygens (including phenoxy) is 3. The zero-order valence-electron chi connectivity index (χ0n) is 15.5. The van der Waals surface area contributed by atoms with E-state index in [9.17, 15) is 9.59 Å². The van der Waals surface area contributed by atoms with Crippen molar-refractivity contribution >= 4 is 39.1 Å². The van der Waals surface area contributed by atoms with Gasteiger partial charge in [-0.2, -0.15) is 0 Å². The molecule has 8 heteroatoms. The number of alkyl halides is 1. The van der Waals surface area contributed by atoms with Crippen molar-refractivity contribution in [2.45, 2.75) is 11.8 Å². The molecule has 1 unspecified atom stereocenters. The molecule has 0 aromatic heterocycles. The maximum Gasteiger partial charge on any atom is 0.257 e. The Morgan fingerprint density at radius 3 is 2.07 bits per heavy atom. The molecule has 27 heavy (non-hydrogen) atoms. The van der Waals surface area contributed by atoms with Crippen LogP contribution in [0.1, 0.15) is 17.3 Å². The highest BCUT2D eigenvalue weighted by atomic mass is 79.9. The minimum absolute atomic E-state index is 0.247. The summed E-state index contributed by atoms with van der Waals surface area (Å²) >= 11 is 3.21. The van der Waals surface area contributed by atoms with Crippen molar-refractivity contribution in [3.63, 3.8) is 0 Å². The smallest absolute Gasteiger partial charge is 0.257 e. The molecule has 2 rings (SSSR count). The van der Waals surface area contributed by atoms with Crippen LogP contribution in [-0.4, -0.2) is 38.0 Å². The van der Waals surface area contributed by atoms with Crippen molar-refractivity contribution in [2.24, 2.45) is 0 Å². The molecule has 2 aromatic carbocycles. The predicted molar refractivity (Wildman–Crippen MR) is 108 cm³/mol. The normalized spacial score (nSPS) is 11.3. The van der Waals surface area contributed by atoms with Crippen molar-refractivity contribution in [3.8, 4) is 17.2 Å². The summed E-state index contributed by atoms with van der Waals surface area (Å²) in [5, 5.41) is 5.51. The van der Waals surface area contributed by atoms with Crippen LogP contribution < -0.4 is 24.8 Å². The third-order valence-electron chi connectivity index (χ3n) is 3.71. The van der Waals surface area contributed by atoms with Crippen molar-refractivity contribution in [2.75, 3.05) is 32.0 Å². The van der Waals surface area contributed by atoms with Gasteiger partial charge in [0.1, 0.15) is 0 Å². The Bertz CT molecular complexity index is 814. The first-order valence-electron chi connectivity index (χ1n) is 8.06. The summed E-state index contributed by atoms with van der Waals surface area (Å²) in [6, 6.07) is 10.0. The maximum absolute atomic E-state index is 12.8. The second kappa shape index (κ2) is 9.27. The van der Waals surface area contributed by atoms with Crippen molar-refractivity contribution < 1.29 is 23.8 Å². The van der Waals surface area contributed by atoms with Gasteiger partial charge < -0.3 is 24.8 Å². The van der Waals surface area contributed by atoms with Gasteiger partial charge in [-0.1, -0.05) is 28.1 Å². The number of hydrogen-bond donors (Lipinski definition) is 2. The van der Waals surface area contributed by atoms with Crippen LogP contribution in [0.2, 0.25) is 0 Å². The summed E-state index contributed by atoms with van der Waals surface area (Å²) in [7, 11) is 4.49. The van der Waals surface area contributed by atoms with Crippen LogP contribution in [0.5, 0.6) is 17.2 Å². The SMILES string of the molecule is COc1cc(NC(=O)c2ccccc2NC(=O)C(C)Br)cc(OC)c1OC. The molecule has 0 aliphatic carbocycles. The van der Waals surface area contributed by atoms with Crippen molar-refractivity contribution in [3.05, 3.63) is 42.0 Å². The Kier molecular flexibility index (Phi) is 7.06. The highest BCUT2D eigenvalue weighted by molar-refractivity contribution is 9.10. The lowest BCUT2D eigenvalue weighted by atomic mass is 10.1. The number of nitrogens with one attached hydrogen (secondary N) is 2. The number of benzene rings is 2. The summed E-state index contributed by atoms with van der Waals surface area (Å²) in [5.41, 5.74) is 1.20. The Morgan fingerprint density at radius 1 is 0.963 bits per heavy atom. The monoisotopic (exact) mass is 436 g/mol. The Balaban J connectivity index is 2.32. The number of halogens is 1. The van der Waals surface area contributed by atoms with E-state index in [0.717, 1.165) is 0 Å². The number of carbonyl (C=O) groups excluding carboxylic acids is 2. The molecule has 7 nitrogen and oxygen atoms in total. The average Bonchev–Trinajstić information content (AvgIpc) is 2.67. The molecule has 0 radical (unpaired) electrons. The molecule has 0 spiro atoms. The zero-order chi connectivity index (χ0) is 20.0. The van der Waals surface area contributed by atoms with E-state index in [1.54, 1.807) is 43.3 Å². The van der Waals surface area contributed by atoms with Crippen LogP contribution in [-0.2, 0) is 4.79 Å². The number of amides is 2. The Hall–Kier alpha value is -2.74. The average molecular weight is 437 g/mol. The first kappa shape index (κ1) is 20.6. The van der Waals surface area contributed by atoms with Gasteiger partial charge in [-0.15, -0.1) is 0 Å².